The molecule has 0 aromatic heterocycles. The number of carbonyl (C=O) groups is 1. The SMILES string of the molecule is C=CC(=O)OC.O[Si](O)(O)F. The number of rotatable bonds is 1. The first-order chi connectivity index (χ1) is 4.81. The van der Waals surface area contributed by atoms with Gasteiger partial charge in [-0.15, -0.1) is 0 Å². The smallest absolute Gasteiger partial charge is 0.466 e. The molecule has 66 valence electrons. The summed E-state index contributed by atoms with van der Waals surface area (Å²) < 4.78 is 14.6. The highest BCUT2D eigenvalue weighted by atomic mass is 28.4. The van der Waals surface area contributed by atoms with Crippen LogP contribution < -0.4 is 0 Å². The molecule has 0 amide bonds. The molecule has 5 nitrogen and oxygen atoms in total. The Hall–Kier alpha value is -0.763. The topological polar surface area (TPSA) is 87.0 Å². The van der Waals surface area contributed by atoms with Gasteiger partial charge in [-0.3, -0.25) is 0 Å². The van der Waals surface area contributed by atoms with E-state index in [9.17, 15) is 8.90 Å². The first-order valence-corrected chi connectivity index (χ1v) is 4.09. The molecule has 0 atom stereocenters. The number of ether oxygens (including phenoxy) is 1. The Kier molecular flexibility index (Phi) is 7.00. The minimum Gasteiger partial charge on any atom is -0.466 e. The predicted molar refractivity (Wildman–Crippen MR) is 35.7 cm³/mol. The number of halogens is 1. The van der Waals surface area contributed by atoms with E-state index in [1.807, 2.05) is 0 Å². The summed E-state index contributed by atoms with van der Waals surface area (Å²) in [6.45, 7) is 3.16. The lowest BCUT2D eigenvalue weighted by Gasteiger charge is -1.87. The summed E-state index contributed by atoms with van der Waals surface area (Å²) in [6, 6.07) is 0. The molecule has 0 saturated heterocycles. The van der Waals surface area contributed by atoms with E-state index in [2.05, 4.69) is 11.3 Å². The molecule has 11 heavy (non-hydrogen) atoms. The largest absolute Gasteiger partial charge is 0.711 e. The molecule has 0 aliphatic heterocycles. The Balaban J connectivity index is 0. The van der Waals surface area contributed by atoms with Crippen LogP contribution in [0.2, 0.25) is 0 Å². The van der Waals surface area contributed by atoms with Gasteiger partial charge in [0.25, 0.3) is 0 Å². The molecule has 0 aromatic carbocycles. The fraction of sp³-hybridized carbons (Fsp3) is 0.250. The average molecular weight is 184 g/mol. The highest BCUT2D eigenvalue weighted by molar-refractivity contribution is 6.47. The van der Waals surface area contributed by atoms with Crippen molar-refractivity contribution in [3.63, 3.8) is 0 Å². The van der Waals surface area contributed by atoms with Crippen molar-refractivity contribution >= 4 is 15.1 Å². The van der Waals surface area contributed by atoms with Crippen molar-refractivity contribution in [1.82, 2.24) is 0 Å². The zero-order chi connectivity index (χ0) is 9.49. The van der Waals surface area contributed by atoms with Gasteiger partial charge in [-0.1, -0.05) is 6.58 Å². The Morgan fingerprint density at radius 1 is 1.64 bits per heavy atom. The summed E-state index contributed by atoms with van der Waals surface area (Å²) >= 11 is 0. The highest BCUT2D eigenvalue weighted by Gasteiger charge is 2.26. The van der Waals surface area contributed by atoms with E-state index in [4.69, 9.17) is 14.4 Å². The van der Waals surface area contributed by atoms with Gasteiger partial charge in [-0.25, -0.2) is 8.90 Å². The van der Waals surface area contributed by atoms with E-state index in [-0.39, 0.29) is 0 Å². The summed E-state index contributed by atoms with van der Waals surface area (Å²) in [5.74, 6) is -0.394. The molecule has 0 aliphatic rings. The van der Waals surface area contributed by atoms with E-state index in [0.29, 0.717) is 0 Å². The minimum absolute atomic E-state index is 0.394. The summed E-state index contributed by atoms with van der Waals surface area (Å²) in [5, 5.41) is 0. The number of hydrogen-bond donors (Lipinski definition) is 3. The van der Waals surface area contributed by atoms with Crippen molar-refractivity contribution in [2.45, 2.75) is 0 Å². The predicted octanol–water partition coefficient (Wildman–Crippen LogP) is -1.29. The molecule has 0 rings (SSSR count). The van der Waals surface area contributed by atoms with Gasteiger partial charge in [-0.05, 0) is 0 Å². The van der Waals surface area contributed by atoms with Crippen LogP contribution in [0.3, 0.4) is 0 Å². The molecule has 0 radical (unpaired) electrons. The summed E-state index contributed by atoms with van der Waals surface area (Å²) in [6.07, 6.45) is 1.11. The van der Waals surface area contributed by atoms with Crippen molar-refractivity contribution in [3.05, 3.63) is 12.7 Å². The van der Waals surface area contributed by atoms with E-state index >= 15 is 0 Å². The molecular formula is C4H9FO5Si. The second-order valence-electron chi connectivity index (χ2n) is 1.28. The van der Waals surface area contributed by atoms with Gasteiger partial charge in [0.2, 0.25) is 0 Å². The molecule has 0 fully saturated rings. The lowest BCUT2D eigenvalue weighted by molar-refractivity contribution is -0.134. The van der Waals surface area contributed by atoms with Crippen LogP contribution >= 0.6 is 0 Å². The maximum absolute atomic E-state index is 10.5. The Labute approximate surface area is 63.9 Å². The molecule has 0 unspecified atom stereocenters. The number of hydrogen-bond acceptors (Lipinski definition) is 5. The maximum Gasteiger partial charge on any atom is 0.711 e. The van der Waals surface area contributed by atoms with E-state index in [1.165, 1.54) is 7.11 Å². The van der Waals surface area contributed by atoms with Gasteiger partial charge in [0, 0.05) is 6.08 Å². The normalized spacial score (nSPS) is 9.18. The van der Waals surface area contributed by atoms with E-state index < -0.39 is 15.1 Å². The molecule has 0 aliphatic carbocycles. The number of esters is 1. The molecule has 0 heterocycles. The maximum atomic E-state index is 10.5. The van der Waals surface area contributed by atoms with Crippen LogP contribution in [0, 0.1) is 0 Å². The molecular weight excluding hydrogens is 175 g/mol. The van der Waals surface area contributed by atoms with Crippen LogP contribution in [0.25, 0.3) is 0 Å². The first-order valence-electron chi connectivity index (χ1n) is 2.37. The van der Waals surface area contributed by atoms with Crippen LogP contribution in [0.1, 0.15) is 0 Å². The third-order valence-electron chi connectivity index (χ3n) is 0.368. The van der Waals surface area contributed by atoms with Gasteiger partial charge in [0.05, 0.1) is 7.11 Å². The molecule has 7 heteroatoms. The molecule has 0 aromatic rings. The summed E-state index contributed by atoms with van der Waals surface area (Å²) in [4.78, 5) is 31.2. The summed E-state index contributed by atoms with van der Waals surface area (Å²) in [7, 11) is -3.80. The average Bonchev–Trinajstić information content (AvgIpc) is 1.83. The summed E-state index contributed by atoms with van der Waals surface area (Å²) in [5.41, 5.74) is 0. The van der Waals surface area contributed by atoms with Crippen molar-refractivity contribution < 1.29 is 28.0 Å². The fourth-order valence-corrected chi connectivity index (χ4v) is 0.0833. The van der Waals surface area contributed by atoms with Crippen LogP contribution in [-0.4, -0.2) is 36.6 Å². The van der Waals surface area contributed by atoms with Crippen molar-refractivity contribution in [1.29, 1.82) is 0 Å². The minimum atomic E-state index is -5.11. The van der Waals surface area contributed by atoms with Crippen LogP contribution in [0.4, 0.5) is 4.11 Å². The monoisotopic (exact) mass is 184 g/mol. The lowest BCUT2D eigenvalue weighted by Crippen LogP contribution is -2.27. The fourth-order valence-electron chi connectivity index (χ4n) is 0.0833. The third kappa shape index (κ3) is 46.2. The molecule has 0 saturated carbocycles. The van der Waals surface area contributed by atoms with Gasteiger partial charge in [-0.2, -0.15) is 0 Å². The van der Waals surface area contributed by atoms with Crippen LogP contribution in [0.15, 0.2) is 12.7 Å². The Morgan fingerprint density at radius 2 is 1.91 bits per heavy atom. The standard InChI is InChI=1S/C4H6O2.FH3O3Si/c1-3-4(5)6-2;1-5(2,3)4/h3H,1H2,2H3;2-4H. The number of methoxy groups -OCH3 is 1. The Morgan fingerprint density at radius 3 is 1.91 bits per heavy atom. The second kappa shape index (κ2) is 5.98. The number of carbonyl (C=O) groups excluding carboxylic acids is 1. The molecule has 0 bridgehead atoms. The third-order valence-corrected chi connectivity index (χ3v) is 0.368. The van der Waals surface area contributed by atoms with Gasteiger partial charge in [0.15, 0.2) is 0 Å². The zero-order valence-corrected chi connectivity index (χ0v) is 6.82. The molecule has 3 N–H and O–H groups in total. The van der Waals surface area contributed by atoms with Gasteiger partial charge < -0.3 is 19.1 Å². The second-order valence-corrected chi connectivity index (χ2v) is 2.39. The first kappa shape index (κ1) is 12.9. The van der Waals surface area contributed by atoms with Gasteiger partial charge >= 0.3 is 15.1 Å². The Bertz CT molecular complexity index is 125. The molecule has 0 spiro atoms. The van der Waals surface area contributed by atoms with E-state index in [1.54, 1.807) is 0 Å². The van der Waals surface area contributed by atoms with Crippen molar-refractivity contribution in [3.8, 4) is 0 Å². The van der Waals surface area contributed by atoms with E-state index in [0.717, 1.165) is 6.08 Å². The van der Waals surface area contributed by atoms with Gasteiger partial charge in [0.1, 0.15) is 0 Å². The highest BCUT2D eigenvalue weighted by Crippen LogP contribution is 1.79. The quantitative estimate of drug-likeness (QED) is 0.204. The van der Waals surface area contributed by atoms with Crippen LogP contribution in [0.5, 0.6) is 0 Å². The van der Waals surface area contributed by atoms with Crippen molar-refractivity contribution in [2.75, 3.05) is 7.11 Å². The zero-order valence-electron chi connectivity index (χ0n) is 5.82. The van der Waals surface area contributed by atoms with Crippen molar-refractivity contribution in [2.24, 2.45) is 0 Å². The lowest BCUT2D eigenvalue weighted by atomic mass is 10.7. The van der Waals surface area contributed by atoms with Crippen LogP contribution in [-0.2, 0) is 9.53 Å².